The molecule has 4 aromatic rings. The number of hydrogen-bond acceptors (Lipinski definition) is 7. The second-order valence-corrected chi connectivity index (χ2v) is 13.4. The third kappa shape index (κ3) is 6.80. The number of carboxylic acid groups (broad SMARTS) is 1. The highest BCUT2D eigenvalue weighted by atomic mass is 19.1. The van der Waals surface area contributed by atoms with Gasteiger partial charge in [0.25, 0.3) is 0 Å². The van der Waals surface area contributed by atoms with Crippen LogP contribution in [0.1, 0.15) is 76.1 Å². The van der Waals surface area contributed by atoms with Crippen LogP contribution in [-0.2, 0) is 16.1 Å². The summed E-state index contributed by atoms with van der Waals surface area (Å²) in [5.41, 5.74) is 5.79. The smallest absolute Gasteiger partial charge is 0.337 e. The predicted octanol–water partition coefficient (Wildman–Crippen LogP) is 6.77. The zero-order chi connectivity index (χ0) is 31.8. The topological polar surface area (TPSA) is 106 Å². The molecule has 0 aliphatic carbocycles. The first-order valence-corrected chi connectivity index (χ1v) is 15.0. The standard InChI is InChI=1S/C34H41FN6O3/c1-21-27(24-9-8-10-25(19-24)31-37-38-39-41(31)20-23-11-13-26(35)14-12-23)29(40-17-15-34(6,7)16-18-40)28(22(2)36-21)30(32(42)43)44-33(3,4)5/h8-14,19,30H,15-18,20H2,1-7H3,(H,42,43)/t30-/m0/s1. The Kier molecular flexibility index (Phi) is 8.57. The van der Waals surface area contributed by atoms with Crippen molar-refractivity contribution in [2.75, 3.05) is 18.0 Å². The van der Waals surface area contributed by atoms with Crippen molar-refractivity contribution >= 4 is 11.7 Å². The fourth-order valence-corrected chi connectivity index (χ4v) is 5.85. The molecule has 2 aromatic heterocycles. The number of pyridine rings is 1. The van der Waals surface area contributed by atoms with Crippen LogP contribution in [0.3, 0.4) is 0 Å². The third-order valence-corrected chi connectivity index (χ3v) is 8.16. The lowest BCUT2D eigenvalue weighted by Gasteiger charge is -2.41. The van der Waals surface area contributed by atoms with Crippen molar-refractivity contribution in [3.63, 3.8) is 0 Å². The SMILES string of the molecule is Cc1nc(C)c([C@H](OC(C)(C)C)C(=O)O)c(N2CCC(C)(C)CC2)c1-c1cccc(-c2nnnn2Cc2ccc(F)cc2)c1. The number of aromatic nitrogens is 5. The van der Waals surface area contributed by atoms with Gasteiger partial charge in [0, 0.05) is 41.2 Å². The number of benzene rings is 2. The van der Waals surface area contributed by atoms with Gasteiger partial charge in [-0.3, -0.25) is 4.98 Å². The summed E-state index contributed by atoms with van der Waals surface area (Å²) < 4.78 is 21.4. The van der Waals surface area contributed by atoms with E-state index in [1.807, 2.05) is 58.9 Å². The lowest BCUT2D eigenvalue weighted by atomic mass is 9.81. The van der Waals surface area contributed by atoms with Crippen LogP contribution in [0.5, 0.6) is 0 Å². The van der Waals surface area contributed by atoms with Gasteiger partial charge in [0.05, 0.1) is 17.8 Å². The fourth-order valence-electron chi connectivity index (χ4n) is 5.85. The largest absolute Gasteiger partial charge is 0.479 e. The quantitative estimate of drug-likeness (QED) is 0.236. The maximum atomic E-state index is 13.5. The van der Waals surface area contributed by atoms with Gasteiger partial charge in [-0.05, 0) is 92.6 Å². The van der Waals surface area contributed by atoms with Gasteiger partial charge < -0.3 is 14.7 Å². The van der Waals surface area contributed by atoms with Crippen molar-refractivity contribution in [1.82, 2.24) is 25.2 Å². The Labute approximate surface area is 258 Å². The molecule has 1 fully saturated rings. The van der Waals surface area contributed by atoms with Crippen LogP contribution in [-0.4, -0.2) is 55.0 Å². The summed E-state index contributed by atoms with van der Waals surface area (Å²) >= 11 is 0. The summed E-state index contributed by atoms with van der Waals surface area (Å²) in [7, 11) is 0. The number of tetrazole rings is 1. The molecule has 0 spiro atoms. The Morgan fingerprint density at radius 3 is 2.34 bits per heavy atom. The Morgan fingerprint density at radius 1 is 1.05 bits per heavy atom. The first-order valence-electron chi connectivity index (χ1n) is 15.0. The summed E-state index contributed by atoms with van der Waals surface area (Å²) in [4.78, 5) is 20.0. The minimum absolute atomic E-state index is 0.198. The Hall–Kier alpha value is -4.18. The van der Waals surface area contributed by atoms with Crippen molar-refractivity contribution in [3.05, 3.63) is 76.9 Å². The fraction of sp³-hybridized carbons (Fsp3) is 0.441. The first kappa shape index (κ1) is 31.3. The third-order valence-electron chi connectivity index (χ3n) is 8.16. The molecule has 0 amide bonds. The molecule has 44 heavy (non-hydrogen) atoms. The molecular formula is C34H41FN6O3. The zero-order valence-electron chi connectivity index (χ0n) is 26.6. The Bertz CT molecular complexity index is 1650. The molecule has 1 N–H and O–H groups in total. The Morgan fingerprint density at radius 2 is 1.70 bits per heavy atom. The van der Waals surface area contributed by atoms with Crippen molar-refractivity contribution in [2.24, 2.45) is 5.41 Å². The Balaban J connectivity index is 1.66. The number of aryl methyl sites for hydroxylation is 2. The molecule has 3 heterocycles. The molecule has 1 saturated heterocycles. The van der Waals surface area contributed by atoms with E-state index in [0.717, 1.165) is 59.6 Å². The van der Waals surface area contributed by atoms with E-state index in [0.29, 0.717) is 23.6 Å². The van der Waals surface area contributed by atoms with Gasteiger partial charge in [0.2, 0.25) is 0 Å². The maximum Gasteiger partial charge on any atom is 0.337 e. The van der Waals surface area contributed by atoms with E-state index >= 15 is 0 Å². The van der Waals surface area contributed by atoms with E-state index in [-0.39, 0.29) is 11.2 Å². The molecule has 10 heteroatoms. The van der Waals surface area contributed by atoms with E-state index < -0.39 is 17.7 Å². The van der Waals surface area contributed by atoms with E-state index in [1.165, 1.54) is 12.1 Å². The van der Waals surface area contributed by atoms with Crippen LogP contribution >= 0.6 is 0 Å². The number of carboxylic acids is 1. The lowest BCUT2D eigenvalue weighted by Crippen LogP contribution is -2.39. The molecule has 9 nitrogen and oxygen atoms in total. The maximum absolute atomic E-state index is 13.5. The molecule has 1 aliphatic heterocycles. The second kappa shape index (κ2) is 12.1. The van der Waals surface area contributed by atoms with E-state index in [2.05, 4.69) is 34.3 Å². The summed E-state index contributed by atoms with van der Waals surface area (Å²) in [6.45, 7) is 15.9. The average molecular weight is 601 g/mol. The minimum atomic E-state index is -1.20. The first-order chi connectivity index (χ1) is 20.7. The summed E-state index contributed by atoms with van der Waals surface area (Å²) in [5, 5.41) is 22.9. The molecule has 0 saturated carbocycles. The van der Waals surface area contributed by atoms with E-state index in [1.54, 1.807) is 16.8 Å². The second-order valence-electron chi connectivity index (χ2n) is 13.4. The molecule has 5 rings (SSSR count). The van der Waals surface area contributed by atoms with Gasteiger partial charge >= 0.3 is 5.97 Å². The molecule has 1 atom stereocenters. The molecule has 1 aliphatic rings. The predicted molar refractivity (Wildman–Crippen MR) is 168 cm³/mol. The number of nitrogens with zero attached hydrogens (tertiary/aromatic N) is 6. The number of hydrogen-bond donors (Lipinski definition) is 1. The lowest BCUT2D eigenvalue weighted by molar-refractivity contribution is -0.160. The average Bonchev–Trinajstić information content (AvgIpc) is 3.40. The van der Waals surface area contributed by atoms with Crippen molar-refractivity contribution in [1.29, 1.82) is 0 Å². The van der Waals surface area contributed by atoms with Gasteiger partial charge in [0.15, 0.2) is 11.9 Å². The zero-order valence-corrected chi connectivity index (χ0v) is 26.6. The highest BCUT2D eigenvalue weighted by Crippen LogP contribution is 2.45. The van der Waals surface area contributed by atoms with Crippen LogP contribution < -0.4 is 4.90 Å². The number of carbonyl (C=O) groups is 1. The van der Waals surface area contributed by atoms with E-state index in [9.17, 15) is 14.3 Å². The number of rotatable bonds is 8. The van der Waals surface area contributed by atoms with Crippen LogP contribution in [0.2, 0.25) is 0 Å². The number of halogens is 1. The van der Waals surface area contributed by atoms with Gasteiger partial charge in [-0.2, -0.15) is 0 Å². The molecular weight excluding hydrogens is 559 g/mol. The number of piperidine rings is 1. The molecule has 2 aromatic carbocycles. The van der Waals surface area contributed by atoms with Crippen molar-refractivity contribution in [2.45, 2.75) is 79.6 Å². The monoisotopic (exact) mass is 600 g/mol. The van der Waals surface area contributed by atoms with Crippen molar-refractivity contribution < 1.29 is 19.0 Å². The highest BCUT2D eigenvalue weighted by Gasteiger charge is 2.36. The molecule has 0 bridgehead atoms. The summed E-state index contributed by atoms with van der Waals surface area (Å²) in [5.74, 6) is -0.784. The van der Waals surface area contributed by atoms with E-state index in [4.69, 9.17) is 9.72 Å². The van der Waals surface area contributed by atoms with Crippen LogP contribution in [0, 0.1) is 25.1 Å². The van der Waals surface area contributed by atoms with Gasteiger partial charge in [0.1, 0.15) is 5.82 Å². The minimum Gasteiger partial charge on any atom is -0.479 e. The van der Waals surface area contributed by atoms with Crippen LogP contribution in [0.4, 0.5) is 10.1 Å². The normalized spacial score (nSPS) is 15.8. The van der Waals surface area contributed by atoms with Crippen LogP contribution in [0.15, 0.2) is 48.5 Å². The summed E-state index contributed by atoms with van der Waals surface area (Å²) in [6.07, 6.45) is 0.753. The number of ether oxygens (including phenoxy) is 1. The van der Waals surface area contributed by atoms with Crippen LogP contribution in [0.25, 0.3) is 22.5 Å². The highest BCUT2D eigenvalue weighted by molar-refractivity contribution is 5.88. The molecule has 0 radical (unpaired) electrons. The number of anilines is 1. The van der Waals surface area contributed by atoms with Gasteiger partial charge in [-0.15, -0.1) is 5.10 Å². The molecule has 0 unspecified atom stereocenters. The van der Waals surface area contributed by atoms with Gasteiger partial charge in [-0.1, -0.05) is 44.2 Å². The van der Waals surface area contributed by atoms with Gasteiger partial charge in [-0.25, -0.2) is 13.9 Å². The number of aliphatic carboxylic acids is 1. The molecule has 232 valence electrons. The van der Waals surface area contributed by atoms with Crippen molar-refractivity contribution in [3.8, 4) is 22.5 Å². The summed E-state index contributed by atoms with van der Waals surface area (Å²) in [6, 6.07) is 14.2.